The number of carbonyl (C=O) groups excluding carboxylic acids is 4. The number of likely N-dealkylation sites (tertiary alicyclic amines) is 1. The molecule has 0 spiro atoms. The minimum Gasteiger partial charge on any atom is -0.453 e. The molecule has 2 aliphatic heterocycles. The zero-order valence-electron chi connectivity index (χ0n) is 32.2. The molecule has 0 radical (unpaired) electrons. The van der Waals surface area contributed by atoms with Crippen LogP contribution in [0.1, 0.15) is 69.7 Å². The van der Waals surface area contributed by atoms with E-state index in [1.54, 1.807) is 17.3 Å². The molecule has 4 amide bonds. The lowest BCUT2D eigenvalue weighted by molar-refractivity contribution is -0.135. The number of aromatic nitrogens is 4. The summed E-state index contributed by atoms with van der Waals surface area (Å²) in [4.78, 5) is 68.5. The molecule has 15 nitrogen and oxygen atoms in total. The number of ether oxygens (including phenoxy) is 3. The Bertz CT molecular complexity index is 1990. The normalized spacial score (nSPS) is 20.3. The number of aromatic amines is 2. The Labute approximate surface area is 326 Å². The van der Waals surface area contributed by atoms with Gasteiger partial charge in [0, 0.05) is 13.2 Å². The summed E-state index contributed by atoms with van der Waals surface area (Å²) in [6.07, 6.45) is 9.20. The van der Waals surface area contributed by atoms with Gasteiger partial charge in [0.1, 0.15) is 23.7 Å². The van der Waals surface area contributed by atoms with E-state index in [1.165, 1.54) is 14.2 Å². The smallest absolute Gasteiger partial charge is 0.407 e. The Hall–Kier alpha value is -5.96. The predicted octanol–water partition coefficient (Wildman–Crippen LogP) is 5.82. The second-order valence-corrected chi connectivity index (χ2v) is 14.2. The Kier molecular flexibility index (Phi) is 13.2. The van der Waals surface area contributed by atoms with Gasteiger partial charge in [-0.1, -0.05) is 74.5 Å². The molecule has 0 aliphatic carbocycles. The summed E-state index contributed by atoms with van der Waals surface area (Å²) in [6, 6.07) is 14.2. The lowest BCUT2D eigenvalue weighted by Crippen LogP contribution is -2.51. The molecular weight excluding hydrogens is 716 g/mol. The summed E-state index contributed by atoms with van der Waals surface area (Å²) in [7, 11) is 2.55. The number of methoxy groups -OCH3 is 2. The highest BCUT2D eigenvalue weighted by molar-refractivity contribution is 5.87. The molecule has 15 heteroatoms. The average molecular weight is 767 g/mol. The van der Waals surface area contributed by atoms with Gasteiger partial charge in [0.05, 0.1) is 56.7 Å². The van der Waals surface area contributed by atoms with Crippen LogP contribution in [0, 0.1) is 5.92 Å². The first-order chi connectivity index (χ1) is 27.1. The molecule has 0 unspecified atom stereocenters. The first-order valence-electron chi connectivity index (χ1n) is 19.0. The first kappa shape index (κ1) is 39.7. The number of carbonyl (C=O) groups is 4. The van der Waals surface area contributed by atoms with Gasteiger partial charge in [-0.05, 0) is 60.3 Å². The lowest BCUT2D eigenvalue weighted by Gasteiger charge is -2.30. The van der Waals surface area contributed by atoms with Crippen molar-refractivity contribution in [2.45, 2.75) is 70.1 Å². The fourth-order valence-electron chi connectivity index (χ4n) is 7.01. The minimum atomic E-state index is -0.759. The fourth-order valence-corrected chi connectivity index (χ4v) is 7.01. The SMILES string of the molecule is COC(=O)N[C@H](C(=O)N1CCC[C@H]1c1ncc(-c2ccc(-c3ccc(-c4cnc([C@@H]5CCOC/C=C\CC[C@@H](NC(=O)OC)C(=O)N5)[nH]4)cc3)cc2)[nH]1)C(C)C. The molecule has 0 saturated carbocycles. The molecule has 6 rings (SSSR count). The van der Waals surface area contributed by atoms with Gasteiger partial charge in [-0.2, -0.15) is 0 Å². The molecule has 2 aromatic heterocycles. The number of hydrogen-bond acceptors (Lipinski definition) is 9. The number of rotatable bonds is 9. The third kappa shape index (κ3) is 9.63. The van der Waals surface area contributed by atoms with Crippen LogP contribution in [0.3, 0.4) is 0 Å². The van der Waals surface area contributed by atoms with Gasteiger partial charge < -0.3 is 45.0 Å². The maximum Gasteiger partial charge on any atom is 0.407 e. The van der Waals surface area contributed by atoms with Crippen LogP contribution in [0.5, 0.6) is 0 Å². The van der Waals surface area contributed by atoms with Crippen LogP contribution in [0.4, 0.5) is 9.59 Å². The Balaban J connectivity index is 1.11. The first-order valence-corrected chi connectivity index (χ1v) is 19.0. The summed E-state index contributed by atoms with van der Waals surface area (Å²) in [5.74, 6) is 0.722. The van der Waals surface area contributed by atoms with Crippen molar-refractivity contribution in [3.8, 4) is 33.6 Å². The average Bonchev–Trinajstić information content (AvgIpc) is 4.01. The quantitative estimate of drug-likeness (QED) is 0.131. The van der Waals surface area contributed by atoms with Crippen LogP contribution in [-0.2, 0) is 23.8 Å². The lowest BCUT2D eigenvalue weighted by atomic mass is 10.0. The molecule has 4 heterocycles. The van der Waals surface area contributed by atoms with Crippen molar-refractivity contribution < 1.29 is 33.4 Å². The molecule has 4 aromatic rings. The molecule has 5 N–H and O–H groups in total. The molecule has 0 bridgehead atoms. The standard InChI is InChI=1S/C41H50N8O7/c1-25(2)35(48-41(53)55-4)39(51)49-20-8-10-34(49)37-43-24-33(45-37)29-17-13-27(14-18-29)26-11-15-28(16-12-26)32-23-42-36(44-32)30-19-22-56-21-7-5-6-9-31(38(50)46-30)47-40(52)54-3/h5,7,11-18,23-25,30-31,34-35H,6,8-10,19-22H2,1-4H3,(H,42,44)(H,43,45)(H,46,50)(H,47,52)(H,48,53)/b7-5-/t30-,31+,34-,35-/m0/s1. The van der Waals surface area contributed by atoms with Gasteiger partial charge in [-0.25, -0.2) is 19.6 Å². The number of amides is 4. The third-order valence-electron chi connectivity index (χ3n) is 10.2. The van der Waals surface area contributed by atoms with E-state index in [0.29, 0.717) is 50.7 Å². The van der Waals surface area contributed by atoms with Crippen molar-refractivity contribution in [1.82, 2.24) is 40.8 Å². The summed E-state index contributed by atoms with van der Waals surface area (Å²) < 4.78 is 15.2. The highest BCUT2D eigenvalue weighted by atomic mass is 16.5. The fraction of sp³-hybridized carbons (Fsp3) is 0.415. The van der Waals surface area contributed by atoms with E-state index >= 15 is 0 Å². The molecule has 1 fully saturated rings. The van der Waals surface area contributed by atoms with Crippen LogP contribution in [0.25, 0.3) is 33.6 Å². The van der Waals surface area contributed by atoms with E-state index in [-0.39, 0.29) is 23.8 Å². The molecule has 56 heavy (non-hydrogen) atoms. The number of H-pyrrole nitrogens is 2. The number of allylic oxidation sites excluding steroid dienone is 1. The number of hydrogen-bond donors (Lipinski definition) is 5. The second-order valence-electron chi connectivity index (χ2n) is 14.2. The molecular formula is C41H50N8O7. The summed E-state index contributed by atoms with van der Waals surface area (Å²) in [5.41, 5.74) is 5.61. The topological polar surface area (TPSA) is 193 Å². The Morgan fingerprint density at radius 1 is 0.821 bits per heavy atom. The molecule has 4 atom stereocenters. The summed E-state index contributed by atoms with van der Waals surface area (Å²) in [5, 5.41) is 8.36. The van der Waals surface area contributed by atoms with Crippen LogP contribution in [-0.4, -0.2) is 94.9 Å². The van der Waals surface area contributed by atoms with Gasteiger partial charge >= 0.3 is 12.2 Å². The largest absolute Gasteiger partial charge is 0.453 e. The number of imidazole rings is 2. The van der Waals surface area contributed by atoms with Crippen molar-refractivity contribution in [2.75, 3.05) is 34.0 Å². The summed E-state index contributed by atoms with van der Waals surface area (Å²) >= 11 is 0. The van der Waals surface area contributed by atoms with E-state index in [4.69, 9.17) is 14.2 Å². The second kappa shape index (κ2) is 18.6. The van der Waals surface area contributed by atoms with E-state index in [0.717, 1.165) is 46.5 Å². The van der Waals surface area contributed by atoms with Gasteiger partial charge in [0.25, 0.3) is 0 Å². The summed E-state index contributed by atoms with van der Waals surface area (Å²) in [6.45, 7) is 5.25. The van der Waals surface area contributed by atoms with E-state index in [2.05, 4.69) is 48.0 Å². The zero-order valence-corrected chi connectivity index (χ0v) is 32.2. The highest BCUT2D eigenvalue weighted by Crippen LogP contribution is 2.33. The van der Waals surface area contributed by atoms with Crippen LogP contribution < -0.4 is 16.0 Å². The minimum absolute atomic E-state index is 0.110. The van der Waals surface area contributed by atoms with Gasteiger partial charge in [-0.3, -0.25) is 9.59 Å². The Morgan fingerprint density at radius 2 is 1.43 bits per heavy atom. The van der Waals surface area contributed by atoms with E-state index in [1.807, 2.05) is 62.4 Å². The number of alkyl carbamates (subject to hydrolysis) is 2. The van der Waals surface area contributed by atoms with Crippen molar-refractivity contribution in [3.05, 3.63) is 84.7 Å². The number of nitrogens with zero attached hydrogens (tertiary/aromatic N) is 3. The third-order valence-corrected chi connectivity index (χ3v) is 10.2. The van der Waals surface area contributed by atoms with Crippen molar-refractivity contribution >= 4 is 24.0 Å². The highest BCUT2D eigenvalue weighted by Gasteiger charge is 2.37. The Morgan fingerprint density at radius 3 is 2.05 bits per heavy atom. The van der Waals surface area contributed by atoms with Crippen LogP contribution >= 0.6 is 0 Å². The maximum absolute atomic E-state index is 13.5. The van der Waals surface area contributed by atoms with Crippen molar-refractivity contribution in [3.63, 3.8) is 0 Å². The molecule has 296 valence electrons. The van der Waals surface area contributed by atoms with Gasteiger partial charge in [0.15, 0.2) is 0 Å². The van der Waals surface area contributed by atoms with Crippen LogP contribution in [0.15, 0.2) is 73.1 Å². The number of benzene rings is 2. The van der Waals surface area contributed by atoms with Gasteiger partial charge in [0.2, 0.25) is 11.8 Å². The zero-order chi connectivity index (χ0) is 39.6. The molecule has 2 aliphatic rings. The molecule has 1 saturated heterocycles. The number of nitrogens with one attached hydrogen (secondary N) is 5. The molecule has 2 aromatic carbocycles. The van der Waals surface area contributed by atoms with E-state index in [9.17, 15) is 19.2 Å². The van der Waals surface area contributed by atoms with Crippen molar-refractivity contribution in [1.29, 1.82) is 0 Å². The predicted molar refractivity (Wildman–Crippen MR) is 209 cm³/mol. The monoisotopic (exact) mass is 766 g/mol. The van der Waals surface area contributed by atoms with Crippen LogP contribution in [0.2, 0.25) is 0 Å². The van der Waals surface area contributed by atoms with Gasteiger partial charge in [-0.15, -0.1) is 0 Å². The maximum atomic E-state index is 13.5. The van der Waals surface area contributed by atoms with E-state index < -0.39 is 30.3 Å². The van der Waals surface area contributed by atoms with Crippen molar-refractivity contribution in [2.24, 2.45) is 5.92 Å².